The summed E-state index contributed by atoms with van der Waals surface area (Å²) < 4.78 is 0. The van der Waals surface area contributed by atoms with Crippen molar-refractivity contribution in [2.45, 2.75) is 26.8 Å². The highest BCUT2D eigenvalue weighted by Crippen LogP contribution is 2.25. The maximum Gasteiger partial charge on any atom is 0.275 e. The molecule has 0 bridgehead atoms. The van der Waals surface area contributed by atoms with E-state index in [4.69, 9.17) is 0 Å². The van der Waals surface area contributed by atoms with Gasteiger partial charge < -0.3 is 10.0 Å². The highest BCUT2D eigenvalue weighted by atomic mass is 16.3. The van der Waals surface area contributed by atoms with Gasteiger partial charge in [0.15, 0.2) is 5.69 Å². The number of para-hydroxylation sites is 1. The fraction of sp³-hybridized carbons (Fsp3) is 0.467. The van der Waals surface area contributed by atoms with E-state index in [2.05, 4.69) is 10.2 Å². The molecule has 0 fully saturated rings. The van der Waals surface area contributed by atoms with Crippen LogP contribution in [-0.2, 0) is 0 Å². The zero-order valence-corrected chi connectivity index (χ0v) is 12.3. The van der Waals surface area contributed by atoms with Gasteiger partial charge in [-0.15, -0.1) is 0 Å². The number of amides is 1. The van der Waals surface area contributed by atoms with E-state index >= 15 is 0 Å². The molecule has 108 valence electrons. The molecule has 0 unspecified atom stereocenters. The van der Waals surface area contributed by atoms with Crippen molar-refractivity contribution in [2.75, 3.05) is 13.7 Å². The lowest BCUT2D eigenvalue weighted by molar-refractivity contribution is 0.0430. The topological polar surface area (TPSA) is 69.2 Å². The van der Waals surface area contributed by atoms with Crippen LogP contribution >= 0.6 is 0 Å². The van der Waals surface area contributed by atoms with Crippen LogP contribution in [0.15, 0.2) is 24.3 Å². The summed E-state index contributed by atoms with van der Waals surface area (Å²) in [7, 11) is 1.71. The van der Waals surface area contributed by atoms with Crippen molar-refractivity contribution in [3.05, 3.63) is 30.0 Å². The van der Waals surface area contributed by atoms with Crippen LogP contribution in [0.25, 0.3) is 10.9 Å². The Hall–Kier alpha value is -1.88. The Labute approximate surface area is 118 Å². The van der Waals surface area contributed by atoms with Gasteiger partial charge >= 0.3 is 0 Å². The van der Waals surface area contributed by atoms with Gasteiger partial charge in [-0.2, -0.15) is 5.10 Å². The fourth-order valence-electron chi connectivity index (χ4n) is 2.41. The van der Waals surface area contributed by atoms with E-state index in [1.165, 1.54) is 0 Å². The highest BCUT2D eigenvalue weighted by molar-refractivity contribution is 6.04. The Balaban J connectivity index is 2.35. The molecule has 2 aromatic rings. The fourth-order valence-corrected chi connectivity index (χ4v) is 2.41. The van der Waals surface area contributed by atoms with Crippen LogP contribution in [0, 0.1) is 5.41 Å². The highest BCUT2D eigenvalue weighted by Gasteiger charge is 2.32. The number of nitrogens with one attached hydrogen (secondary N) is 1. The molecule has 0 aliphatic carbocycles. The molecule has 0 spiro atoms. The van der Waals surface area contributed by atoms with Crippen molar-refractivity contribution in [2.24, 2.45) is 5.41 Å². The standard InChI is InChI=1S/C15H21N3O2/c1-15(2,3)12(9-19)18(4)14(20)13-10-7-5-6-8-11(10)16-17-13/h5-8,12,19H,9H2,1-4H3,(H,16,17)/t12-/m1/s1. The van der Waals surface area contributed by atoms with Crippen molar-refractivity contribution in [1.82, 2.24) is 15.1 Å². The number of nitrogens with zero attached hydrogens (tertiary/aromatic N) is 2. The molecule has 0 saturated heterocycles. The molecule has 5 nitrogen and oxygen atoms in total. The molecule has 0 aliphatic heterocycles. The number of carbonyl (C=O) groups excluding carboxylic acids is 1. The van der Waals surface area contributed by atoms with Gasteiger partial charge in [0.1, 0.15) is 0 Å². The second-order valence-corrected chi connectivity index (χ2v) is 6.10. The Morgan fingerprint density at radius 2 is 2.05 bits per heavy atom. The maximum atomic E-state index is 12.6. The molecular formula is C15H21N3O2. The van der Waals surface area contributed by atoms with E-state index in [9.17, 15) is 9.90 Å². The molecule has 1 aromatic heterocycles. The number of likely N-dealkylation sites (N-methyl/N-ethyl adjacent to an activating group) is 1. The average molecular weight is 275 g/mol. The Bertz CT molecular complexity index is 613. The van der Waals surface area contributed by atoms with E-state index in [0.29, 0.717) is 5.69 Å². The Morgan fingerprint density at radius 1 is 1.40 bits per heavy atom. The summed E-state index contributed by atoms with van der Waals surface area (Å²) >= 11 is 0. The second-order valence-electron chi connectivity index (χ2n) is 6.10. The van der Waals surface area contributed by atoms with Crippen LogP contribution in [0.3, 0.4) is 0 Å². The molecular weight excluding hydrogens is 254 g/mol. The lowest BCUT2D eigenvalue weighted by Gasteiger charge is -2.36. The number of aromatic nitrogens is 2. The molecule has 0 aliphatic rings. The second kappa shape index (κ2) is 5.25. The zero-order valence-electron chi connectivity index (χ0n) is 12.3. The van der Waals surface area contributed by atoms with Crippen molar-refractivity contribution >= 4 is 16.8 Å². The van der Waals surface area contributed by atoms with Crippen molar-refractivity contribution in [3.63, 3.8) is 0 Å². The molecule has 1 amide bonds. The van der Waals surface area contributed by atoms with Crippen LogP contribution in [0.2, 0.25) is 0 Å². The third-order valence-corrected chi connectivity index (χ3v) is 3.63. The quantitative estimate of drug-likeness (QED) is 0.900. The summed E-state index contributed by atoms with van der Waals surface area (Å²) in [6.07, 6.45) is 0. The first-order valence-corrected chi connectivity index (χ1v) is 6.67. The number of hydrogen-bond acceptors (Lipinski definition) is 3. The van der Waals surface area contributed by atoms with Gasteiger partial charge in [0.05, 0.1) is 18.2 Å². The molecule has 1 aromatic carbocycles. The molecule has 0 radical (unpaired) electrons. The van der Waals surface area contributed by atoms with Crippen LogP contribution in [0.5, 0.6) is 0 Å². The van der Waals surface area contributed by atoms with Gasteiger partial charge in [0, 0.05) is 12.4 Å². The molecule has 20 heavy (non-hydrogen) atoms. The molecule has 0 saturated carbocycles. The lowest BCUT2D eigenvalue weighted by atomic mass is 9.86. The number of carbonyl (C=O) groups is 1. The summed E-state index contributed by atoms with van der Waals surface area (Å²) in [6, 6.07) is 7.26. The SMILES string of the molecule is CN(C(=O)c1n[nH]c2ccccc12)[C@H](CO)C(C)(C)C. The number of rotatable bonds is 3. The van der Waals surface area contributed by atoms with Crippen LogP contribution in [-0.4, -0.2) is 45.8 Å². The minimum Gasteiger partial charge on any atom is -0.394 e. The predicted octanol–water partition coefficient (Wildman–Crippen LogP) is 2.04. The van der Waals surface area contributed by atoms with E-state index < -0.39 is 0 Å². The number of aliphatic hydroxyl groups is 1. The first-order chi connectivity index (χ1) is 9.36. The monoisotopic (exact) mass is 275 g/mol. The van der Waals surface area contributed by atoms with Gasteiger partial charge in [-0.3, -0.25) is 9.89 Å². The molecule has 1 atom stereocenters. The first kappa shape index (κ1) is 14.5. The summed E-state index contributed by atoms with van der Waals surface area (Å²) in [6.45, 7) is 5.93. The van der Waals surface area contributed by atoms with Crippen LogP contribution in [0.1, 0.15) is 31.3 Å². The number of aromatic amines is 1. The Morgan fingerprint density at radius 3 is 2.65 bits per heavy atom. The molecule has 1 heterocycles. The summed E-state index contributed by atoms with van der Waals surface area (Å²) in [5.41, 5.74) is 1.03. The number of benzene rings is 1. The number of fused-ring (bicyclic) bond motifs is 1. The third kappa shape index (κ3) is 2.54. The van der Waals surface area contributed by atoms with Crippen molar-refractivity contribution in [1.29, 1.82) is 0 Å². The Kier molecular flexibility index (Phi) is 3.81. The van der Waals surface area contributed by atoms with E-state index in [1.54, 1.807) is 11.9 Å². The summed E-state index contributed by atoms with van der Waals surface area (Å²) in [5.74, 6) is -0.184. The van der Waals surface area contributed by atoms with Gasteiger partial charge in [-0.25, -0.2) is 0 Å². The average Bonchev–Trinajstić information content (AvgIpc) is 2.80. The molecule has 2 rings (SSSR count). The largest absolute Gasteiger partial charge is 0.394 e. The number of hydrogen-bond donors (Lipinski definition) is 2. The van der Waals surface area contributed by atoms with E-state index in [-0.39, 0.29) is 24.0 Å². The van der Waals surface area contributed by atoms with E-state index in [1.807, 2.05) is 45.0 Å². The smallest absolute Gasteiger partial charge is 0.275 e. The predicted molar refractivity (Wildman–Crippen MR) is 78.5 cm³/mol. The van der Waals surface area contributed by atoms with Crippen LogP contribution in [0.4, 0.5) is 0 Å². The van der Waals surface area contributed by atoms with Crippen molar-refractivity contribution in [3.8, 4) is 0 Å². The number of aliphatic hydroxyl groups excluding tert-OH is 1. The number of H-pyrrole nitrogens is 1. The molecule has 2 N–H and O–H groups in total. The van der Waals surface area contributed by atoms with Gasteiger partial charge in [-0.1, -0.05) is 39.0 Å². The normalized spacial score (nSPS) is 13.4. The minimum absolute atomic E-state index is 0.0753. The van der Waals surface area contributed by atoms with Gasteiger partial charge in [-0.05, 0) is 11.5 Å². The van der Waals surface area contributed by atoms with Gasteiger partial charge in [0.25, 0.3) is 5.91 Å². The maximum absolute atomic E-state index is 12.6. The zero-order chi connectivity index (χ0) is 14.9. The van der Waals surface area contributed by atoms with Crippen LogP contribution < -0.4 is 0 Å². The molecule has 5 heteroatoms. The lowest BCUT2D eigenvalue weighted by Crippen LogP contribution is -2.47. The van der Waals surface area contributed by atoms with E-state index in [0.717, 1.165) is 10.9 Å². The summed E-state index contributed by atoms with van der Waals surface area (Å²) in [4.78, 5) is 14.2. The minimum atomic E-state index is -0.259. The van der Waals surface area contributed by atoms with Gasteiger partial charge in [0.2, 0.25) is 0 Å². The first-order valence-electron chi connectivity index (χ1n) is 6.67. The van der Waals surface area contributed by atoms with Crippen molar-refractivity contribution < 1.29 is 9.90 Å². The third-order valence-electron chi connectivity index (χ3n) is 3.63. The summed E-state index contributed by atoms with van der Waals surface area (Å²) in [5, 5.41) is 17.3.